The third kappa shape index (κ3) is 3.32. The molecule has 1 fully saturated rings. The summed E-state index contributed by atoms with van der Waals surface area (Å²) in [5.41, 5.74) is 2.50. The zero-order chi connectivity index (χ0) is 15.4. The Labute approximate surface area is 135 Å². The molecule has 1 aromatic heterocycles. The van der Waals surface area contributed by atoms with Crippen LogP contribution < -0.4 is 10.2 Å². The smallest absolute Gasteiger partial charge is 0.128 e. The molecule has 2 aromatic rings. The molecule has 5 heteroatoms. The lowest BCUT2D eigenvalue weighted by Gasteiger charge is -2.16. The second-order valence-electron chi connectivity index (χ2n) is 5.38. The van der Waals surface area contributed by atoms with Gasteiger partial charge in [-0.05, 0) is 42.7 Å². The highest BCUT2D eigenvalue weighted by Gasteiger charge is 2.12. The predicted octanol–water partition coefficient (Wildman–Crippen LogP) is 3.82. The summed E-state index contributed by atoms with van der Waals surface area (Å²) in [5.74, 6) is 1.06. The molecule has 0 amide bonds. The number of hydrogen-bond acceptors (Lipinski definition) is 4. The third-order valence-electron chi connectivity index (χ3n) is 3.83. The summed E-state index contributed by atoms with van der Waals surface area (Å²) in [6, 6.07) is 11.6. The Balaban J connectivity index is 1.61. The molecule has 0 bridgehead atoms. The molecular formula is C17H17ClN4. The van der Waals surface area contributed by atoms with E-state index in [0.29, 0.717) is 17.1 Å². The van der Waals surface area contributed by atoms with Crippen LogP contribution in [-0.2, 0) is 6.54 Å². The lowest BCUT2D eigenvalue weighted by atomic mass is 10.2. The summed E-state index contributed by atoms with van der Waals surface area (Å²) in [5, 5.41) is 12.6. The van der Waals surface area contributed by atoms with E-state index in [1.165, 1.54) is 12.8 Å². The van der Waals surface area contributed by atoms with Crippen molar-refractivity contribution in [2.45, 2.75) is 19.4 Å². The molecule has 1 aromatic carbocycles. The number of pyridine rings is 1. The van der Waals surface area contributed by atoms with E-state index in [1.807, 2.05) is 12.3 Å². The van der Waals surface area contributed by atoms with E-state index in [1.54, 1.807) is 12.1 Å². The summed E-state index contributed by atoms with van der Waals surface area (Å²) in [4.78, 5) is 6.85. The Morgan fingerprint density at radius 1 is 1.23 bits per heavy atom. The first-order chi connectivity index (χ1) is 10.8. The number of nitriles is 1. The molecule has 4 nitrogen and oxygen atoms in total. The average Bonchev–Trinajstić information content (AvgIpc) is 3.08. The van der Waals surface area contributed by atoms with Crippen LogP contribution in [0.2, 0.25) is 5.02 Å². The molecule has 112 valence electrons. The maximum atomic E-state index is 8.87. The van der Waals surface area contributed by atoms with Crippen molar-refractivity contribution in [1.29, 1.82) is 5.26 Å². The lowest BCUT2D eigenvalue weighted by molar-refractivity contribution is 0.932. The molecule has 0 radical (unpaired) electrons. The van der Waals surface area contributed by atoms with E-state index < -0.39 is 0 Å². The van der Waals surface area contributed by atoms with Gasteiger partial charge in [-0.1, -0.05) is 17.7 Å². The molecule has 1 N–H and O–H groups in total. The van der Waals surface area contributed by atoms with Crippen LogP contribution in [0.3, 0.4) is 0 Å². The first kappa shape index (κ1) is 14.7. The minimum absolute atomic E-state index is 0.468. The average molecular weight is 313 g/mol. The van der Waals surface area contributed by atoms with E-state index in [9.17, 15) is 0 Å². The standard InChI is InChI=1S/C17H17ClN4/c18-16-9-15(5-4-14(16)10-19)20-11-13-3-6-17(21-12-13)22-7-1-2-8-22/h3-6,9,12,20H,1-2,7-8,11H2. The maximum Gasteiger partial charge on any atom is 0.128 e. The fourth-order valence-electron chi connectivity index (χ4n) is 2.57. The Morgan fingerprint density at radius 3 is 2.68 bits per heavy atom. The van der Waals surface area contributed by atoms with E-state index >= 15 is 0 Å². The van der Waals surface area contributed by atoms with Crippen LogP contribution >= 0.6 is 11.6 Å². The molecule has 0 unspecified atom stereocenters. The zero-order valence-electron chi connectivity index (χ0n) is 12.2. The largest absolute Gasteiger partial charge is 0.381 e. The minimum Gasteiger partial charge on any atom is -0.381 e. The van der Waals surface area contributed by atoms with Gasteiger partial charge in [0, 0.05) is 31.5 Å². The van der Waals surface area contributed by atoms with Gasteiger partial charge in [0.2, 0.25) is 0 Å². The van der Waals surface area contributed by atoms with Crippen LogP contribution in [0.25, 0.3) is 0 Å². The summed E-state index contributed by atoms with van der Waals surface area (Å²) >= 11 is 6.02. The van der Waals surface area contributed by atoms with Gasteiger partial charge in [0.15, 0.2) is 0 Å². The van der Waals surface area contributed by atoms with E-state index in [4.69, 9.17) is 16.9 Å². The first-order valence-electron chi connectivity index (χ1n) is 7.39. The number of halogens is 1. The van der Waals surface area contributed by atoms with Crippen molar-refractivity contribution in [3.05, 3.63) is 52.7 Å². The molecule has 1 aliphatic heterocycles. The van der Waals surface area contributed by atoms with Crippen molar-refractivity contribution in [2.24, 2.45) is 0 Å². The molecule has 0 spiro atoms. The Hall–Kier alpha value is -2.25. The molecule has 2 heterocycles. The van der Waals surface area contributed by atoms with Gasteiger partial charge in [0.1, 0.15) is 11.9 Å². The van der Waals surface area contributed by atoms with Gasteiger partial charge in [-0.15, -0.1) is 0 Å². The second-order valence-corrected chi connectivity index (χ2v) is 5.79. The Morgan fingerprint density at radius 2 is 2.05 bits per heavy atom. The van der Waals surface area contributed by atoms with E-state index in [2.05, 4.69) is 33.4 Å². The Bertz CT molecular complexity index is 685. The van der Waals surface area contributed by atoms with Gasteiger partial charge in [-0.3, -0.25) is 0 Å². The first-order valence-corrected chi connectivity index (χ1v) is 7.77. The summed E-state index contributed by atoms with van der Waals surface area (Å²) in [7, 11) is 0. The highest BCUT2D eigenvalue weighted by Crippen LogP contribution is 2.21. The topological polar surface area (TPSA) is 52.0 Å². The predicted molar refractivity (Wildman–Crippen MR) is 89.2 cm³/mol. The number of aromatic nitrogens is 1. The fourth-order valence-corrected chi connectivity index (χ4v) is 2.80. The lowest BCUT2D eigenvalue weighted by Crippen LogP contribution is -2.18. The highest BCUT2D eigenvalue weighted by molar-refractivity contribution is 6.32. The van der Waals surface area contributed by atoms with Crippen molar-refractivity contribution in [2.75, 3.05) is 23.3 Å². The van der Waals surface area contributed by atoms with E-state index in [-0.39, 0.29) is 0 Å². The SMILES string of the molecule is N#Cc1ccc(NCc2ccc(N3CCCC3)nc2)cc1Cl. The summed E-state index contributed by atoms with van der Waals surface area (Å²) in [6.07, 6.45) is 4.42. The molecule has 1 saturated heterocycles. The number of anilines is 2. The van der Waals surface area contributed by atoms with Crippen LogP contribution in [0.15, 0.2) is 36.5 Å². The van der Waals surface area contributed by atoms with Crippen molar-refractivity contribution in [3.8, 4) is 6.07 Å². The van der Waals surface area contributed by atoms with Crippen LogP contribution in [0.1, 0.15) is 24.0 Å². The minimum atomic E-state index is 0.468. The van der Waals surface area contributed by atoms with Gasteiger partial charge in [0.05, 0.1) is 10.6 Å². The van der Waals surface area contributed by atoms with Crippen molar-refractivity contribution in [1.82, 2.24) is 4.98 Å². The van der Waals surface area contributed by atoms with Crippen LogP contribution in [0.4, 0.5) is 11.5 Å². The number of hydrogen-bond donors (Lipinski definition) is 1. The number of nitrogens with one attached hydrogen (secondary N) is 1. The number of benzene rings is 1. The fraction of sp³-hybridized carbons (Fsp3) is 0.294. The van der Waals surface area contributed by atoms with Crippen LogP contribution in [0.5, 0.6) is 0 Å². The van der Waals surface area contributed by atoms with Crippen molar-refractivity contribution < 1.29 is 0 Å². The van der Waals surface area contributed by atoms with Gasteiger partial charge in [-0.25, -0.2) is 4.98 Å². The molecule has 0 aliphatic carbocycles. The van der Waals surface area contributed by atoms with Gasteiger partial charge >= 0.3 is 0 Å². The van der Waals surface area contributed by atoms with Gasteiger partial charge < -0.3 is 10.2 Å². The van der Waals surface area contributed by atoms with Gasteiger partial charge in [0.25, 0.3) is 0 Å². The van der Waals surface area contributed by atoms with Gasteiger partial charge in [-0.2, -0.15) is 5.26 Å². The third-order valence-corrected chi connectivity index (χ3v) is 4.14. The normalized spacial score (nSPS) is 13.9. The van der Waals surface area contributed by atoms with Crippen molar-refractivity contribution in [3.63, 3.8) is 0 Å². The molecule has 0 saturated carbocycles. The van der Waals surface area contributed by atoms with E-state index in [0.717, 1.165) is 30.2 Å². The molecule has 3 rings (SSSR count). The maximum absolute atomic E-state index is 8.87. The second kappa shape index (κ2) is 6.67. The number of rotatable bonds is 4. The molecule has 22 heavy (non-hydrogen) atoms. The van der Waals surface area contributed by atoms with Crippen molar-refractivity contribution >= 4 is 23.1 Å². The highest BCUT2D eigenvalue weighted by atomic mass is 35.5. The molecule has 0 atom stereocenters. The Kier molecular flexibility index (Phi) is 4.45. The molecular weight excluding hydrogens is 296 g/mol. The quantitative estimate of drug-likeness (QED) is 0.932. The zero-order valence-corrected chi connectivity index (χ0v) is 13.0. The summed E-state index contributed by atoms with van der Waals surface area (Å²) in [6.45, 7) is 2.89. The van der Waals surface area contributed by atoms with Crippen LogP contribution in [0, 0.1) is 11.3 Å². The van der Waals surface area contributed by atoms with Crippen LogP contribution in [-0.4, -0.2) is 18.1 Å². The monoisotopic (exact) mass is 312 g/mol. The summed E-state index contributed by atoms with van der Waals surface area (Å²) < 4.78 is 0. The number of nitrogens with zero attached hydrogens (tertiary/aromatic N) is 3. The molecule has 1 aliphatic rings.